The van der Waals surface area contributed by atoms with Crippen molar-refractivity contribution >= 4 is 16.6 Å². The molecule has 0 aliphatic carbocycles. The van der Waals surface area contributed by atoms with E-state index in [0.29, 0.717) is 0 Å². The number of nitrogens with one attached hydrogen (secondary N) is 1. The molecule has 0 saturated carbocycles. The van der Waals surface area contributed by atoms with Gasteiger partial charge in [0.25, 0.3) is 0 Å². The van der Waals surface area contributed by atoms with Crippen molar-refractivity contribution in [3.63, 3.8) is 0 Å². The first-order valence-electron chi connectivity index (χ1n) is 5.27. The lowest BCUT2D eigenvalue weighted by Crippen LogP contribution is -2.24. The van der Waals surface area contributed by atoms with Gasteiger partial charge in [-0.15, -0.1) is 0 Å². The van der Waals surface area contributed by atoms with Crippen molar-refractivity contribution in [2.45, 2.75) is 6.42 Å². The van der Waals surface area contributed by atoms with Crippen LogP contribution in [0.3, 0.4) is 0 Å². The molecule has 0 fully saturated rings. The predicted octanol–water partition coefficient (Wildman–Crippen LogP) is 2.63. The lowest BCUT2D eigenvalue weighted by Gasteiger charge is -2.26. The van der Waals surface area contributed by atoms with Crippen molar-refractivity contribution in [2.75, 3.05) is 13.6 Å². The van der Waals surface area contributed by atoms with Crippen molar-refractivity contribution in [1.29, 1.82) is 0 Å². The SMILES string of the molecule is C=C1c2[nH]c3ccccc3c2CCN1C. The molecule has 2 heteroatoms. The summed E-state index contributed by atoms with van der Waals surface area (Å²) in [6.07, 6.45) is 1.11. The van der Waals surface area contributed by atoms with Gasteiger partial charge in [-0.05, 0) is 18.1 Å². The molecule has 2 heterocycles. The maximum atomic E-state index is 4.13. The number of aromatic amines is 1. The fraction of sp³-hybridized carbons (Fsp3) is 0.231. The summed E-state index contributed by atoms with van der Waals surface area (Å²) in [5, 5.41) is 1.35. The van der Waals surface area contributed by atoms with Gasteiger partial charge >= 0.3 is 0 Å². The number of likely N-dealkylation sites (N-methyl/N-ethyl adjacent to an activating group) is 1. The van der Waals surface area contributed by atoms with E-state index in [9.17, 15) is 0 Å². The van der Waals surface area contributed by atoms with Gasteiger partial charge in [0.2, 0.25) is 0 Å². The van der Waals surface area contributed by atoms with Crippen LogP contribution in [0, 0.1) is 0 Å². The molecular formula is C13H14N2. The van der Waals surface area contributed by atoms with E-state index >= 15 is 0 Å². The molecule has 1 aliphatic heterocycles. The van der Waals surface area contributed by atoms with E-state index in [1.807, 2.05) is 0 Å². The number of nitrogens with zero attached hydrogens (tertiary/aromatic N) is 1. The monoisotopic (exact) mass is 198 g/mol. The molecule has 3 rings (SSSR count). The Balaban J connectivity index is 2.31. The maximum Gasteiger partial charge on any atom is 0.0655 e. The van der Waals surface area contributed by atoms with E-state index in [4.69, 9.17) is 0 Å². The van der Waals surface area contributed by atoms with Crippen LogP contribution in [0.4, 0.5) is 0 Å². The number of para-hydroxylation sites is 1. The third-order valence-electron chi connectivity index (χ3n) is 3.26. The second-order valence-electron chi connectivity index (χ2n) is 4.14. The standard InChI is InChI=1S/C13H14N2/c1-9-13-11(7-8-15(9)2)10-5-3-4-6-12(10)14-13/h3-6,14H,1,7-8H2,2H3. The third kappa shape index (κ3) is 1.11. The molecule has 2 nitrogen and oxygen atoms in total. The molecule has 1 aromatic heterocycles. The van der Waals surface area contributed by atoms with Crippen LogP contribution in [0.1, 0.15) is 11.3 Å². The zero-order valence-electron chi connectivity index (χ0n) is 8.88. The van der Waals surface area contributed by atoms with Crippen LogP contribution >= 0.6 is 0 Å². The van der Waals surface area contributed by atoms with Crippen molar-refractivity contribution in [1.82, 2.24) is 9.88 Å². The Morgan fingerprint density at radius 2 is 2.13 bits per heavy atom. The Hall–Kier alpha value is -1.70. The third-order valence-corrected chi connectivity index (χ3v) is 3.26. The highest BCUT2D eigenvalue weighted by atomic mass is 15.1. The molecule has 0 spiro atoms. The Labute approximate surface area is 89.2 Å². The second kappa shape index (κ2) is 2.89. The lowest BCUT2D eigenvalue weighted by atomic mass is 10.0. The van der Waals surface area contributed by atoms with Crippen LogP contribution in [0.5, 0.6) is 0 Å². The molecule has 0 unspecified atom stereocenters. The molecule has 1 aliphatic rings. The second-order valence-corrected chi connectivity index (χ2v) is 4.14. The van der Waals surface area contributed by atoms with Crippen molar-refractivity contribution < 1.29 is 0 Å². The van der Waals surface area contributed by atoms with E-state index in [0.717, 1.165) is 18.7 Å². The normalized spacial score (nSPS) is 15.8. The van der Waals surface area contributed by atoms with E-state index in [1.165, 1.54) is 22.2 Å². The average molecular weight is 198 g/mol. The van der Waals surface area contributed by atoms with Gasteiger partial charge in [0.05, 0.1) is 11.4 Å². The maximum absolute atomic E-state index is 4.13. The number of hydrogen-bond acceptors (Lipinski definition) is 1. The first kappa shape index (κ1) is 8.60. The minimum Gasteiger partial charge on any atom is -0.373 e. The van der Waals surface area contributed by atoms with Gasteiger partial charge in [-0.25, -0.2) is 0 Å². The zero-order valence-corrected chi connectivity index (χ0v) is 8.88. The number of benzene rings is 1. The summed E-state index contributed by atoms with van der Waals surface area (Å²) in [6, 6.07) is 8.47. The van der Waals surface area contributed by atoms with Gasteiger partial charge in [-0.3, -0.25) is 0 Å². The summed E-state index contributed by atoms with van der Waals surface area (Å²) in [6.45, 7) is 5.19. The van der Waals surface area contributed by atoms with Crippen LogP contribution in [0.15, 0.2) is 30.8 Å². The van der Waals surface area contributed by atoms with Crippen molar-refractivity contribution in [3.8, 4) is 0 Å². The molecule has 0 saturated heterocycles. The topological polar surface area (TPSA) is 19.0 Å². The molecule has 0 radical (unpaired) electrons. The van der Waals surface area contributed by atoms with Crippen LogP contribution in [0.2, 0.25) is 0 Å². The molecule has 15 heavy (non-hydrogen) atoms. The van der Waals surface area contributed by atoms with E-state index in [-0.39, 0.29) is 0 Å². The zero-order chi connectivity index (χ0) is 10.4. The van der Waals surface area contributed by atoms with E-state index in [2.05, 4.69) is 47.8 Å². The molecule has 76 valence electrons. The summed E-state index contributed by atoms with van der Waals surface area (Å²) in [5.74, 6) is 0. The number of H-pyrrole nitrogens is 1. The van der Waals surface area contributed by atoms with Gasteiger partial charge in [-0.1, -0.05) is 24.8 Å². The summed E-state index contributed by atoms with van der Waals surface area (Å²) in [7, 11) is 2.09. The quantitative estimate of drug-likeness (QED) is 0.689. The smallest absolute Gasteiger partial charge is 0.0655 e. The van der Waals surface area contributed by atoms with Crippen LogP contribution in [0.25, 0.3) is 16.6 Å². The minimum absolute atomic E-state index is 1.06. The van der Waals surface area contributed by atoms with Gasteiger partial charge in [0, 0.05) is 24.5 Å². The summed E-state index contributed by atoms with van der Waals surface area (Å²) in [4.78, 5) is 5.66. The Kier molecular flexibility index (Phi) is 1.66. The Morgan fingerprint density at radius 1 is 1.33 bits per heavy atom. The highest BCUT2D eigenvalue weighted by molar-refractivity contribution is 5.89. The minimum atomic E-state index is 1.06. The Morgan fingerprint density at radius 3 is 3.00 bits per heavy atom. The fourth-order valence-electron chi connectivity index (χ4n) is 2.31. The molecule has 0 bridgehead atoms. The number of hydrogen-bond donors (Lipinski definition) is 1. The lowest BCUT2D eigenvalue weighted by molar-refractivity contribution is 0.469. The Bertz CT molecular complexity index is 536. The summed E-state index contributed by atoms with van der Waals surface area (Å²) in [5.41, 5.74) is 4.96. The molecule has 0 amide bonds. The highest BCUT2D eigenvalue weighted by Gasteiger charge is 2.20. The van der Waals surface area contributed by atoms with Crippen LogP contribution in [-0.4, -0.2) is 23.5 Å². The number of rotatable bonds is 0. The first-order chi connectivity index (χ1) is 7.27. The van der Waals surface area contributed by atoms with Crippen LogP contribution in [-0.2, 0) is 6.42 Å². The van der Waals surface area contributed by atoms with Gasteiger partial charge in [-0.2, -0.15) is 0 Å². The average Bonchev–Trinajstić information content (AvgIpc) is 2.63. The number of fused-ring (bicyclic) bond motifs is 3. The van der Waals surface area contributed by atoms with Gasteiger partial charge < -0.3 is 9.88 Å². The van der Waals surface area contributed by atoms with Gasteiger partial charge in [0.1, 0.15) is 0 Å². The number of aromatic nitrogens is 1. The molecule has 1 N–H and O–H groups in total. The summed E-state index contributed by atoms with van der Waals surface area (Å²) >= 11 is 0. The van der Waals surface area contributed by atoms with E-state index < -0.39 is 0 Å². The summed E-state index contributed by atoms with van der Waals surface area (Å²) < 4.78 is 0. The van der Waals surface area contributed by atoms with Crippen molar-refractivity contribution in [2.24, 2.45) is 0 Å². The predicted molar refractivity (Wildman–Crippen MR) is 63.7 cm³/mol. The molecule has 2 aromatic rings. The van der Waals surface area contributed by atoms with Crippen LogP contribution < -0.4 is 0 Å². The van der Waals surface area contributed by atoms with Gasteiger partial charge in [0.15, 0.2) is 0 Å². The van der Waals surface area contributed by atoms with E-state index in [1.54, 1.807) is 0 Å². The molecule has 1 aromatic carbocycles. The fourth-order valence-corrected chi connectivity index (χ4v) is 2.31. The largest absolute Gasteiger partial charge is 0.373 e. The highest BCUT2D eigenvalue weighted by Crippen LogP contribution is 2.31. The van der Waals surface area contributed by atoms with Crippen molar-refractivity contribution in [3.05, 3.63) is 42.1 Å². The molecular weight excluding hydrogens is 184 g/mol. The molecule has 0 atom stereocenters. The first-order valence-corrected chi connectivity index (χ1v) is 5.27.